The molecule has 3 aliphatic heterocycles. The highest BCUT2D eigenvalue weighted by molar-refractivity contribution is 5.85. The summed E-state index contributed by atoms with van der Waals surface area (Å²) in [6, 6.07) is 8.64. The SMILES string of the molecule is CCc1cccc2c(=O)n([C@@H]3CN4CCC3CC4)ccc12.Cl. The van der Waals surface area contributed by atoms with Crippen LogP contribution in [0.3, 0.4) is 0 Å². The summed E-state index contributed by atoms with van der Waals surface area (Å²) < 4.78 is 2.01. The first-order chi connectivity index (χ1) is 10.3. The Labute approximate surface area is 137 Å². The number of rotatable bonds is 2. The van der Waals surface area contributed by atoms with Crippen molar-refractivity contribution in [2.45, 2.75) is 32.2 Å². The molecule has 0 radical (unpaired) electrons. The van der Waals surface area contributed by atoms with Gasteiger partial charge in [0.25, 0.3) is 5.56 Å². The lowest BCUT2D eigenvalue weighted by Gasteiger charge is -2.45. The molecule has 0 N–H and O–H groups in total. The molecule has 3 nitrogen and oxygen atoms in total. The van der Waals surface area contributed by atoms with Gasteiger partial charge in [0.05, 0.1) is 6.04 Å². The van der Waals surface area contributed by atoms with Crippen molar-refractivity contribution in [3.8, 4) is 0 Å². The van der Waals surface area contributed by atoms with Gasteiger partial charge < -0.3 is 9.47 Å². The van der Waals surface area contributed by atoms with Gasteiger partial charge >= 0.3 is 0 Å². The second kappa shape index (κ2) is 6.05. The largest absolute Gasteiger partial charge is 0.310 e. The zero-order valence-corrected chi connectivity index (χ0v) is 13.8. The Balaban J connectivity index is 0.00000144. The van der Waals surface area contributed by atoms with E-state index in [2.05, 4.69) is 24.0 Å². The van der Waals surface area contributed by atoms with E-state index in [0.29, 0.717) is 12.0 Å². The Bertz CT molecular complexity index is 731. The van der Waals surface area contributed by atoms with Crippen LogP contribution >= 0.6 is 12.4 Å². The summed E-state index contributed by atoms with van der Waals surface area (Å²) in [5.74, 6) is 0.680. The summed E-state index contributed by atoms with van der Waals surface area (Å²) in [4.78, 5) is 15.4. The summed E-state index contributed by atoms with van der Waals surface area (Å²) in [5, 5.41) is 2.01. The summed E-state index contributed by atoms with van der Waals surface area (Å²) in [5.41, 5.74) is 1.47. The van der Waals surface area contributed by atoms with Crippen LogP contribution in [0, 0.1) is 5.92 Å². The molecule has 2 bridgehead atoms. The molecule has 5 rings (SSSR count). The number of hydrogen-bond acceptors (Lipinski definition) is 2. The molecule has 4 heterocycles. The van der Waals surface area contributed by atoms with Crippen molar-refractivity contribution in [1.29, 1.82) is 0 Å². The predicted octanol–water partition coefficient (Wildman–Crippen LogP) is 3.25. The van der Waals surface area contributed by atoms with Crippen LogP contribution in [0.4, 0.5) is 0 Å². The van der Waals surface area contributed by atoms with Gasteiger partial charge in [-0.2, -0.15) is 0 Å². The topological polar surface area (TPSA) is 25.2 Å². The fourth-order valence-electron chi connectivity index (χ4n) is 4.18. The van der Waals surface area contributed by atoms with Gasteiger partial charge in [-0.3, -0.25) is 4.79 Å². The molecule has 118 valence electrons. The van der Waals surface area contributed by atoms with Gasteiger partial charge in [-0.15, -0.1) is 12.4 Å². The molecule has 3 aliphatic rings. The van der Waals surface area contributed by atoms with Crippen LogP contribution in [0.15, 0.2) is 35.3 Å². The van der Waals surface area contributed by atoms with Crippen LogP contribution in [0.1, 0.15) is 31.4 Å². The number of fused-ring (bicyclic) bond motifs is 4. The maximum Gasteiger partial charge on any atom is 0.258 e. The zero-order chi connectivity index (χ0) is 14.4. The van der Waals surface area contributed by atoms with Crippen molar-refractivity contribution in [2.75, 3.05) is 19.6 Å². The summed E-state index contributed by atoms with van der Waals surface area (Å²) in [7, 11) is 0. The Morgan fingerprint density at radius 3 is 2.55 bits per heavy atom. The minimum atomic E-state index is 0. The molecule has 3 saturated heterocycles. The first kappa shape index (κ1) is 15.6. The fourth-order valence-corrected chi connectivity index (χ4v) is 4.18. The van der Waals surface area contributed by atoms with Crippen LogP contribution in [-0.2, 0) is 6.42 Å². The molecule has 3 fully saturated rings. The molecular formula is C18H23ClN2O. The van der Waals surface area contributed by atoms with Crippen molar-refractivity contribution in [1.82, 2.24) is 9.47 Å². The average Bonchev–Trinajstić information content (AvgIpc) is 2.56. The normalized spacial score (nSPS) is 26.9. The smallest absolute Gasteiger partial charge is 0.258 e. The van der Waals surface area contributed by atoms with E-state index in [-0.39, 0.29) is 18.0 Å². The van der Waals surface area contributed by atoms with Crippen LogP contribution in [0.25, 0.3) is 10.8 Å². The highest BCUT2D eigenvalue weighted by Gasteiger charge is 2.35. The number of hydrogen-bond donors (Lipinski definition) is 0. The van der Waals surface area contributed by atoms with Gasteiger partial charge in [0.15, 0.2) is 0 Å². The van der Waals surface area contributed by atoms with Crippen molar-refractivity contribution < 1.29 is 0 Å². The monoisotopic (exact) mass is 318 g/mol. The Morgan fingerprint density at radius 2 is 1.91 bits per heavy atom. The second-order valence-corrected chi connectivity index (χ2v) is 6.47. The highest BCUT2D eigenvalue weighted by atomic mass is 35.5. The number of piperidine rings is 3. The molecule has 0 aliphatic carbocycles. The number of pyridine rings is 1. The molecule has 0 unspecified atom stereocenters. The maximum absolute atomic E-state index is 12.9. The molecule has 1 aromatic carbocycles. The molecule has 0 spiro atoms. The summed E-state index contributed by atoms with van der Waals surface area (Å²) in [6.45, 7) is 5.62. The van der Waals surface area contributed by atoms with Crippen molar-refractivity contribution >= 4 is 23.2 Å². The second-order valence-electron chi connectivity index (χ2n) is 6.47. The standard InChI is InChI=1S/C18H22N2O.ClH/c1-2-13-4-3-5-16-15(13)8-11-20(18(16)21)17-12-19-9-6-14(17)7-10-19;/h3-5,8,11,14,17H,2,6-7,9-10,12H2,1H3;1H/t17-;/m1./s1. The molecule has 22 heavy (non-hydrogen) atoms. The van der Waals surface area contributed by atoms with E-state index in [1.807, 2.05) is 22.9 Å². The lowest BCUT2D eigenvalue weighted by atomic mass is 9.83. The van der Waals surface area contributed by atoms with Gasteiger partial charge in [0.1, 0.15) is 0 Å². The highest BCUT2D eigenvalue weighted by Crippen LogP contribution is 2.35. The van der Waals surface area contributed by atoms with Crippen molar-refractivity contribution in [3.05, 3.63) is 46.4 Å². The molecule has 0 saturated carbocycles. The van der Waals surface area contributed by atoms with E-state index < -0.39 is 0 Å². The lowest BCUT2D eigenvalue weighted by Crippen LogP contribution is -2.49. The third-order valence-electron chi connectivity index (χ3n) is 5.42. The fraction of sp³-hybridized carbons (Fsp3) is 0.500. The Morgan fingerprint density at radius 1 is 1.14 bits per heavy atom. The number of aromatic nitrogens is 1. The van der Waals surface area contributed by atoms with Crippen LogP contribution < -0.4 is 5.56 Å². The molecule has 4 heteroatoms. The quantitative estimate of drug-likeness (QED) is 0.849. The van der Waals surface area contributed by atoms with Gasteiger partial charge in [0, 0.05) is 18.1 Å². The molecule has 0 amide bonds. The molecule has 1 aromatic heterocycles. The van der Waals surface area contributed by atoms with Crippen LogP contribution in [0.5, 0.6) is 0 Å². The number of aryl methyl sites for hydroxylation is 1. The Hall–Kier alpha value is -1.32. The summed E-state index contributed by atoms with van der Waals surface area (Å²) >= 11 is 0. The molecule has 1 atom stereocenters. The number of benzene rings is 1. The van der Waals surface area contributed by atoms with Crippen molar-refractivity contribution in [3.63, 3.8) is 0 Å². The number of nitrogens with zero attached hydrogens (tertiary/aromatic N) is 2. The van der Waals surface area contributed by atoms with Gasteiger partial charge in [0.2, 0.25) is 0 Å². The molecular weight excluding hydrogens is 296 g/mol. The minimum Gasteiger partial charge on any atom is -0.310 e. The molecule has 2 aromatic rings. The maximum atomic E-state index is 12.9. The van der Waals surface area contributed by atoms with Crippen LogP contribution in [0.2, 0.25) is 0 Å². The van der Waals surface area contributed by atoms with Crippen LogP contribution in [-0.4, -0.2) is 29.1 Å². The van der Waals surface area contributed by atoms with Gasteiger partial charge in [-0.1, -0.05) is 19.1 Å². The third kappa shape index (κ3) is 2.37. The summed E-state index contributed by atoms with van der Waals surface area (Å²) in [6.07, 6.45) is 5.49. The van der Waals surface area contributed by atoms with E-state index in [4.69, 9.17) is 0 Å². The average molecular weight is 319 g/mol. The van der Waals surface area contributed by atoms with E-state index in [9.17, 15) is 4.79 Å². The third-order valence-corrected chi connectivity index (χ3v) is 5.42. The van der Waals surface area contributed by atoms with E-state index in [1.54, 1.807) is 0 Å². The first-order valence-electron chi connectivity index (χ1n) is 8.13. The van der Waals surface area contributed by atoms with E-state index in [1.165, 1.54) is 31.5 Å². The van der Waals surface area contributed by atoms with Gasteiger partial charge in [-0.25, -0.2) is 0 Å². The van der Waals surface area contributed by atoms with Gasteiger partial charge in [-0.05, 0) is 61.4 Å². The van der Waals surface area contributed by atoms with Crippen molar-refractivity contribution in [2.24, 2.45) is 5.92 Å². The zero-order valence-electron chi connectivity index (χ0n) is 13.0. The Kier molecular flexibility index (Phi) is 4.28. The first-order valence-corrected chi connectivity index (χ1v) is 8.13. The lowest BCUT2D eigenvalue weighted by molar-refractivity contribution is 0.0556. The number of halogens is 1. The van der Waals surface area contributed by atoms with E-state index in [0.717, 1.165) is 23.7 Å². The van der Waals surface area contributed by atoms with E-state index >= 15 is 0 Å². The predicted molar refractivity (Wildman–Crippen MR) is 93.0 cm³/mol. The minimum absolute atomic E-state index is 0.